The van der Waals surface area contributed by atoms with Crippen molar-refractivity contribution in [2.45, 2.75) is 26.3 Å². The van der Waals surface area contributed by atoms with Crippen molar-refractivity contribution in [3.63, 3.8) is 0 Å². The number of nitrogens with one attached hydrogen (secondary N) is 1. The van der Waals surface area contributed by atoms with Gasteiger partial charge in [-0.25, -0.2) is 0 Å². The number of halogens is 1. The Morgan fingerprint density at radius 3 is 2.50 bits per heavy atom. The van der Waals surface area contributed by atoms with E-state index in [1.807, 2.05) is 24.3 Å². The fourth-order valence-corrected chi connectivity index (χ4v) is 2.56. The van der Waals surface area contributed by atoms with Gasteiger partial charge in [0, 0.05) is 0 Å². The van der Waals surface area contributed by atoms with Gasteiger partial charge in [0.1, 0.15) is 5.75 Å². The molecule has 0 aliphatic rings. The van der Waals surface area contributed by atoms with Gasteiger partial charge in [-0.1, -0.05) is 48.9 Å². The highest BCUT2D eigenvalue weighted by Crippen LogP contribution is 2.23. The van der Waals surface area contributed by atoms with E-state index in [0.29, 0.717) is 5.75 Å². The highest BCUT2D eigenvalue weighted by atomic mass is 79.9. The van der Waals surface area contributed by atoms with E-state index in [1.165, 1.54) is 5.56 Å². The summed E-state index contributed by atoms with van der Waals surface area (Å²) in [5.41, 5.74) is 2.32. The monoisotopic (exact) mass is 361 g/mol. The van der Waals surface area contributed by atoms with Gasteiger partial charge in [-0.3, -0.25) is 4.79 Å². The third-order valence-corrected chi connectivity index (χ3v) is 4.07. The smallest absolute Gasteiger partial charge is 0.258 e. The minimum Gasteiger partial charge on any atom is -0.483 e. The van der Waals surface area contributed by atoms with Crippen molar-refractivity contribution in [3.8, 4) is 5.75 Å². The summed E-state index contributed by atoms with van der Waals surface area (Å²) in [5.74, 6) is 0.546. The number of benzene rings is 2. The number of aryl methyl sites for hydroxylation is 1. The minimum atomic E-state index is -0.122. The molecule has 0 fully saturated rings. The van der Waals surface area contributed by atoms with Gasteiger partial charge in [-0.2, -0.15) is 0 Å². The molecule has 0 bridgehead atoms. The summed E-state index contributed by atoms with van der Waals surface area (Å²) in [7, 11) is 0. The van der Waals surface area contributed by atoms with Gasteiger partial charge < -0.3 is 10.1 Å². The lowest BCUT2D eigenvalue weighted by Gasteiger charge is -2.18. The summed E-state index contributed by atoms with van der Waals surface area (Å²) >= 11 is 3.40. The lowest BCUT2D eigenvalue weighted by Crippen LogP contribution is -2.32. The molecule has 1 amide bonds. The molecular formula is C18H20BrNO2. The molecule has 2 aromatic carbocycles. The first-order valence-corrected chi connectivity index (χ1v) is 8.12. The lowest BCUT2D eigenvalue weighted by molar-refractivity contribution is -0.123. The zero-order valence-corrected chi connectivity index (χ0v) is 14.4. The summed E-state index contributed by atoms with van der Waals surface area (Å²) in [4.78, 5) is 12.1. The van der Waals surface area contributed by atoms with E-state index in [4.69, 9.17) is 4.74 Å². The molecule has 22 heavy (non-hydrogen) atoms. The Morgan fingerprint density at radius 2 is 1.86 bits per heavy atom. The van der Waals surface area contributed by atoms with Gasteiger partial charge in [0.05, 0.1) is 10.5 Å². The Labute approximate surface area is 139 Å². The quantitative estimate of drug-likeness (QED) is 0.827. The summed E-state index contributed by atoms with van der Waals surface area (Å²) in [6.07, 6.45) is 0.837. The fraction of sp³-hybridized carbons (Fsp3) is 0.278. The Kier molecular flexibility index (Phi) is 6.01. The molecular weight excluding hydrogens is 342 g/mol. The number of hydrogen-bond acceptors (Lipinski definition) is 2. The Balaban J connectivity index is 1.92. The standard InChI is InChI=1S/C18H20BrNO2/c1-3-16(14-10-8-13(2)9-11-14)20-18(21)12-22-17-7-5-4-6-15(17)19/h4-11,16H,3,12H2,1-2H3,(H,20,21)/t16-/m1/s1. The van der Waals surface area contributed by atoms with E-state index < -0.39 is 0 Å². The van der Waals surface area contributed by atoms with Crippen LogP contribution >= 0.6 is 15.9 Å². The normalized spacial score (nSPS) is 11.8. The summed E-state index contributed by atoms with van der Waals surface area (Å²) in [5, 5.41) is 3.01. The Morgan fingerprint density at radius 1 is 1.18 bits per heavy atom. The van der Waals surface area contributed by atoms with Crippen molar-refractivity contribution in [3.05, 3.63) is 64.1 Å². The molecule has 0 radical (unpaired) electrons. The van der Waals surface area contributed by atoms with Crippen molar-refractivity contribution in [1.82, 2.24) is 5.32 Å². The molecule has 0 heterocycles. The number of rotatable bonds is 6. The average Bonchev–Trinajstić information content (AvgIpc) is 2.53. The molecule has 4 heteroatoms. The van der Waals surface area contributed by atoms with E-state index in [1.54, 1.807) is 0 Å². The zero-order chi connectivity index (χ0) is 15.9. The summed E-state index contributed by atoms with van der Waals surface area (Å²) in [6.45, 7) is 4.11. The van der Waals surface area contributed by atoms with Crippen molar-refractivity contribution in [2.24, 2.45) is 0 Å². The number of hydrogen-bond donors (Lipinski definition) is 1. The van der Waals surface area contributed by atoms with Crippen molar-refractivity contribution in [1.29, 1.82) is 0 Å². The largest absolute Gasteiger partial charge is 0.483 e. The molecule has 0 aromatic heterocycles. The van der Waals surface area contributed by atoms with Crippen LogP contribution in [0.25, 0.3) is 0 Å². The Hall–Kier alpha value is -1.81. The molecule has 0 aliphatic carbocycles. The van der Waals surface area contributed by atoms with Crippen LogP contribution in [0.3, 0.4) is 0 Å². The average molecular weight is 362 g/mol. The predicted octanol–water partition coefficient (Wildman–Crippen LogP) is 4.40. The summed E-state index contributed by atoms with van der Waals surface area (Å²) in [6, 6.07) is 15.7. The van der Waals surface area contributed by atoms with Crippen LogP contribution in [0.4, 0.5) is 0 Å². The van der Waals surface area contributed by atoms with Gasteiger partial charge >= 0.3 is 0 Å². The SMILES string of the molecule is CC[C@@H](NC(=O)COc1ccccc1Br)c1ccc(C)cc1. The van der Waals surface area contributed by atoms with Gasteiger partial charge in [-0.05, 0) is 47.0 Å². The van der Waals surface area contributed by atoms with Crippen LogP contribution in [0.2, 0.25) is 0 Å². The number of para-hydroxylation sites is 1. The lowest BCUT2D eigenvalue weighted by atomic mass is 10.0. The second kappa shape index (κ2) is 7.99. The van der Waals surface area contributed by atoms with E-state index in [0.717, 1.165) is 16.5 Å². The molecule has 2 rings (SSSR count). The van der Waals surface area contributed by atoms with Crippen molar-refractivity contribution < 1.29 is 9.53 Å². The molecule has 0 saturated heterocycles. The maximum atomic E-state index is 12.1. The highest BCUT2D eigenvalue weighted by molar-refractivity contribution is 9.10. The van der Waals surface area contributed by atoms with E-state index >= 15 is 0 Å². The maximum absolute atomic E-state index is 12.1. The number of amides is 1. The van der Waals surface area contributed by atoms with E-state index in [9.17, 15) is 4.79 Å². The van der Waals surface area contributed by atoms with Gasteiger partial charge in [0.25, 0.3) is 5.91 Å². The minimum absolute atomic E-state index is 0.00494. The topological polar surface area (TPSA) is 38.3 Å². The first-order valence-electron chi connectivity index (χ1n) is 7.33. The van der Waals surface area contributed by atoms with Crippen LogP contribution in [0.5, 0.6) is 5.75 Å². The second-order valence-corrected chi connectivity index (χ2v) is 6.01. The maximum Gasteiger partial charge on any atom is 0.258 e. The first-order chi connectivity index (χ1) is 10.6. The summed E-state index contributed by atoms with van der Waals surface area (Å²) < 4.78 is 6.38. The molecule has 116 valence electrons. The number of carbonyl (C=O) groups is 1. The van der Waals surface area contributed by atoms with Gasteiger partial charge in [0.2, 0.25) is 0 Å². The molecule has 1 atom stereocenters. The predicted molar refractivity (Wildman–Crippen MR) is 92.0 cm³/mol. The van der Waals surface area contributed by atoms with Gasteiger partial charge in [0.15, 0.2) is 6.61 Å². The van der Waals surface area contributed by atoms with Crippen LogP contribution in [-0.4, -0.2) is 12.5 Å². The van der Waals surface area contributed by atoms with Crippen molar-refractivity contribution in [2.75, 3.05) is 6.61 Å². The Bertz CT molecular complexity index is 625. The van der Waals surface area contributed by atoms with Gasteiger partial charge in [-0.15, -0.1) is 0 Å². The first kappa shape index (κ1) is 16.6. The molecule has 0 aliphatic heterocycles. The van der Waals surface area contributed by atoms with Crippen LogP contribution in [0.1, 0.15) is 30.5 Å². The molecule has 2 aromatic rings. The molecule has 0 unspecified atom stereocenters. The third kappa shape index (κ3) is 4.60. The molecule has 0 saturated carbocycles. The number of carbonyl (C=O) groups excluding carboxylic acids is 1. The third-order valence-electron chi connectivity index (χ3n) is 3.42. The van der Waals surface area contributed by atoms with Crippen LogP contribution in [0.15, 0.2) is 53.0 Å². The van der Waals surface area contributed by atoms with Crippen molar-refractivity contribution >= 4 is 21.8 Å². The second-order valence-electron chi connectivity index (χ2n) is 5.16. The van der Waals surface area contributed by atoms with Crippen LogP contribution < -0.4 is 10.1 Å². The fourth-order valence-electron chi connectivity index (χ4n) is 2.16. The van der Waals surface area contributed by atoms with E-state index in [-0.39, 0.29) is 18.6 Å². The van der Waals surface area contributed by atoms with Crippen LogP contribution in [0, 0.1) is 6.92 Å². The molecule has 3 nitrogen and oxygen atoms in total. The van der Waals surface area contributed by atoms with E-state index in [2.05, 4.69) is 59.4 Å². The molecule has 0 spiro atoms. The van der Waals surface area contributed by atoms with Crippen LogP contribution in [-0.2, 0) is 4.79 Å². The highest BCUT2D eigenvalue weighted by Gasteiger charge is 2.13. The molecule has 1 N–H and O–H groups in total. The zero-order valence-electron chi connectivity index (χ0n) is 12.8. The number of ether oxygens (including phenoxy) is 1.